The Morgan fingerprint density at radius 1 is 1.00 bits per heavy atom. The highest BCUT2D eigenvalue weighted by Gasteiger charge is 2.24. The molecule has 3 aromatic rings. The SMILES string of the molecule is COc1ccc(-n2nc(C(=O)N3CCCCC3)nc2-c2ccc(OCCNC(N)=O)cc2)cc1. The van der Waals surface area contributed by atoms with Gasteiger partial charge in [-0.25, -0.2) is 14.5 Å². The standard InChI is InChI=1S/C24H28N6O4/c1-33-19-11-7-18(8-12-19)30-22(27-21(28-30)23(31)29-14-3-2-4-15-29)17-5-9-20(10-6-17)34-16-13-26-24(25)32/h5-12H,2-4,13-16H2,1H3,(H3,25,26,32). The smallest absolute Gasteiger partial charge is 0.312 e. The Morgan fingerprint density at radius 2 is 1.68 bits per heavy atom. The molecular weight excluding hydrogens is 436 g/mol. The fourth-order valence-electron chi connectivity index (χ4n) is 3.77. The summed E-state index contributed by atoms with van der Waals surface area (Å²) in [6, 6.07) is 14.1. The van der Waals surface area contributed by atoms with Gasteiger partial charge in [-0.2, -0.15) is 0 Å². The molecule has 1 aliphatic rings. The first-order chi connectivity index (χ1) is 16.5. The molecule has 0 atom stereocenters. The molecule has 10 heteroatoms. The van der Waals surface area contributed by atoms with Gasteiger partial charge in [-0.05, 0) is 67.8 Å². The Hall–Kier alpha value is -4.08. The van der Waals surface area contributed by atoms with Crippen molar-refractivity contribution < 1.29 is 19.1 Å². The molecule has 2 heterocycles. The van der Waals surface area contributed by atoms with Gasteiger partial charge in [0.1, 0.15) is 18.1 Å². The van der Waals surface area contributed by atoms with Crippen molar-refractivity contribution in [3.63, 3.8) is 0 Å². The molecule has 10 nitrogen and oxygen atoms in total. The van der Waals surface area contributed by atoms with E-state index in [1.54, 1.807) is 23.9 Å². The van der Waals surface area contributed by atoms with Gasteiger partial charge in [0.15, 0.2) is 5.82 Å². The first kappa shape index (κ1) is 23.1. The number of carbonyl (C=O) groups excluding carboxylic acids is 2. The second kappa shape index (κ2) is 10.7. The molecule has 0 bridgehead atoms. The molecule has 1 aliphatic heterocycles. The molecule has 0 radical (unpaired) electrons. The van der Waals surface area contributed by atoms with Crippen LogP contribution in [-0.2, 0) is 0 Å². The van der Waals surface area contributed by atoms with Crippen LogP contribution >= 0.6 is 0 Å². The molecule has 3 amide bonds. The van der Waals surface area contributed by atoms with Crippen LogP contribution in [0.3, 0.4) is 0 Å². The van der Waals surface area contributed by atoms with Crippen molar-refractivity contribution in [2.24, 2.45) is 5.73 Å². The van der Waals surface area contributed by atoms with Gasteiger partial charge >= 0.3 is 6.03 Å². The summed E-state index contributed by atoms with van der Waals surface area (Å²) in [5.41, 5.74) is 6.59. The van der Waals surface area contributed by atoms with E-state index >= 15 is 0 Å². The molecular formula is C24H28N6O4. The number of likely N-dealkylation sites (tertiary alicyclic amines) is 1. The molecule has 3 N–H and O–H groups in total. The lowest BCUT2D eigenvalue weighted by atomic mass is 10.1. The topological polar surface area (TPSA) is 125 Å². The average molecular weight is 465 g/mol. The minimum atomic E-state index is -0.591. The van der Waals surface area contributed by atoms with Crippen LogP contribution in [0, 0.1) is 0 Å². The molecule has 0 unspecified atom stereocenters. The Bertz CT molecular complexity index is 1120. The predicted molar refractivity (Wildman–Crippen MR) is 126 cm³/mol. The molecule has 1 aromatic heterocycles. The summed E-state index contributed by atoms with van der Waals surface area (Å²) < 4.78 is 12.6. The third kappa shape index (κ3) is 5.45. The Labute approximate surface area is 197 Å². The van der Waals surface area contributed by atoms with E-state index in [4.69, 9.17) is 15.2 Å². The number of ether oxygens (including phenoxy) is 2. The van der Waals surface area contributed by atoms with Gasteiger partial charge in [-0.15, -0.1) is 5.10 Å². The van der Waals surface area contributed by atoms with Crippen LogP contribution in [0.25, 0.3) is 17.1 Å². The molecule has 178 valence electrons. The third-order valence-electron chi connectivity index (χ3n) is 5.54. The number of hydrogen-bond acceptors (Lipinski definition) is 6. The van der Waals surface area contributed by atoms with Gasteiger partial charge in [0.05, 0.1) is 19.3 Å². The monoisotopic (exact) mass is 464 g/mol. The lowest BCUT2D eigenvalue weighted by molar-refractivity contribution is 0.0712. The van der Waals surface area contributed by atoms with E-state index in [0.29, 0.717) is 24.7 Å². The van der Waals surface area contributed by atoms with Gasteiger partial charge in [-0.3, -0.25) is 4.79 Å². The van der Waals surface area contributed by atoms with Crippen molar-refractivity contribution in [1.29, 1.82) is 0 Å². The van der Waals surface area contributed by atoms with Gasteiger partial charge in [-0.1, -0.05) is 0 Å². The number of benzene rings is 2. The van der Waals surface area contributed by atoms with Gasteiger partial charge in [0.2, 0.25) is 5.82 Å². The number of primary amides is 1. The van der Waals surface area contributed by atoms with E-state index in [1.165, 1.54) is 0 Å². The van der Waals surface area contributed by atoms with Crippen molar-refractivity contribution in [2.75, 3.05) is 33.4 Å². The summed E-state index contributed by atoms with van der Waals surface area (Å²) in [7, 11) is 1.61. The molecule has 0 saturated carbocycles. The van der Waals surface area contributed by atoms with Crippen LogP contribution in [0.15, 0.2) is 48.5 Å². The number of nitrogens with one attached hydrogen (secondary N) is 1. The van der Waals surface area contributed by atoms with Crippen LogP contribution in [0.4, 0.5) is 4.79 Å². The molecule has 0 aliphatic carbocycles. The van der Waals surface area contributed by atoms with Crippen LogP contribution in [-0.4, -0.2) is 65.0 Å². The Morgan fingerprint density at radius 3 is 2.32 bits per heavy atom. The number of aromatic nitrogens is 3. The average Bonchev–Trinajstić information content (AvgIpc) is 3.32. The molecule has 34 heavy (non-hydrogen) atoms. The molecule has 2 aromatic carbocycles. The largest absolute Gasteiger partial charge is 0.497 e. The minimum Gasteiger partial charge on any atom is -0.497 e. The second-order valence-corrected chi connectivity index (χ2v) is 7.89. The predicted octanol–water partition coefficient (Wildman–Crippen LogP) is 2.62. The quantitative estimate of drug-likeness (QED) is 0.494. The first-order valence-corrected chi connectivity index (χ1v) is 11.2. The molecule has 4 rings (SSSR count). The highest BCUT2D eigenvalue weighted by molar-refractivity contribution is 5.91. The fourth-order valence-corrected chi connectivity index (χ4v) is 3.77. The number of amides is 3. The maximum atomic E-state index is 13.1. The summed E-state index contributed by atoms with van der Waals surface area (Å²) in [5.74, 6) is 1.92. The van der Waals surface area contributed by atoms with Gasteiger partial charge in [0, 0.05) is 18.7 Å². The molecule has 0 spiro atoms. The number of rotatable bonds is 8. The molecule has 1 saturated heterocycles. The summed E-state index contributed by atoms with van der Waals surface area (Å²) in [6.07, 6.45) is 3.12. The van der Waals surface area contributed by atoms with Crippen molar-refractivity contribution >= 4 is 11.9 Å². The fraction of sp³-hybridized carbons (Fsp3) is 0.333. The van der Waals surface area contributed by atoms with Crippen molar-refractivity contribution in [3.05, 3.63) is 54.4 Å². The van der Waals surface area contributed by atoms with Crippen molar-refractivity contribution in [1.82, 2.24) is 25.0 Å². The summed E-state index contributed by atoms with van der Waals surface area (Å²) in [5, 5.41) is 7.05. The highest BCUT2D eigenvalue weighted by atomic mass is 16.5. The summed E-state index contributed by atoms with van der Waals surface area (Å²) >= 11 is 0. The van der Waals surface area contributed by atoms with Crippen LogP contribution in [0.1, 0.15) is 29.9 Å². The number of urea groups is 1. The first-order valence-electron chi connectivity index (χ1n) is 11.2. The second-order valence-electron chi connectivity index (χ2n) is 7.89. The summed E-state index contributed by atoms with van der Waals surface area (Å²) in [6.45, 7) is 2.05. The van der Waals surface area contributed by atoms with E-state index in [2.05, 4.69) is 15.4 Å². The number of piperidine rings is 1. The Kier molecular flexibility index (Phi) is 7.26. The van der Waals surface area contributed by atoms with Crippen molar-refractivity contribution in [2.45, 2.75) is 19.3 Å². The maximum Gasteiger partial charge on any atom is 0.312 e. The lowest BCUT2D eigenvalue weighted by Gasteiger charge is -2.25. The van der Waals surface area contributed by atoms with E-state index in [-0.39, 0.29) is 11.7 Å². The van der Waals surface area contributed by atoms with Crippen LogP contribution in [0.2, 0.25) is 0 Å². The third-order valence-corrected chi connectivity index (χ3v) is 5.54. The van der Waals surface area contributed by atoms with E-state index in [1.807, 2.05) is 41.3 Å². The Balaban J connectivity index is 1.61. The van der Waals surface area contributed by atoms with Gasteiger partial charge in [0.25, 0.3) is 5.91 Å². The maximum absolute atomic E-state index is 13.1. The van der Waals surface area contributed by atoms with Gasteiger partial charge < -0.3 is 25.4 Å². The number of hydrogen-bond donors (Lipinski definition) is 2. The number of carbonyl (C=O) groups is 2. The number of methoxy groups -OCH3 is 1. The zero-order valence-corrected chi connectivity index (χ0v) is 19.1. The lowest BCUT2D eigenvalue weighted by Crippen LogP contribution is -2.36. The van der Waals surface area contributed by atoms with E-state index in [0.717, 1.165) is 49.4 Å². The zero-order valence-electron chi connectivity index (χ0n) is 19.1. The van der Waals surface area contributed by atoms with Crippen LogP contribution in [0.5, 0.6) is 11.5 Å². The van der Waals surface area contributed by atoms with E-state index in [9.17, 15) is 9.59 Å². The normalized spacial score (nSPS) is 13.4. The number of nitrogens with zero attached hydrogens (tertiary/aromatic N) is 4. The number of nitrogens with two attached hydrogens (primary N) is 1. The highest BCUT2D eigenvalue weighted by Crippen LogP contribution is 2.25. The van der Waals surface area contributed by atoms with Crippen molar-refractivity contribution in [3.8, 4) is 28.6 Å². The van der Waals surface area contributed by atoms with E-state index < -0.39 is 6.03 Å². The minimum absolute atomic E-state index is 0.157. The molecule has 1 fully saturated rings. The summed E-state index contributed by atoms with van der Waals surface area (Å²) in [4.78, 5) is 30.3. The zero-order chi connectivity index (χ0) is 23.9. The van der Waals surface area contributed by atoms with Crippen LogP contribution < -0.4 is 20.5 Å².